The Balaban J connectivity index is 2.18. The Bertz CT molecular complexity index is 742. The largest absolute Gasteiger partial charge is 0.392 e. The molecule has 5 nitrogen and oxygen atoms in total. The van der Waals surface area contributed by atoms with E-state index in [4.69, 9.17) is 5.11 Å². The van der Waals surface area contributed by atoms with E-state index < -0.39 is 10.0 Å². The molecule has 0 unspecified atom stereocenters. The van der Waals surface area contributed by atoms with Gasteiger partial charge in [-0.15, -0.1) is 0 Å². The predicted octanol–water partition coefficient (Wildman–Crippen LogP) is 2.13. The summed E-state index contributed by atoms with van der Waals surface area (Å²) in [5.74, 6) is -0.145. The van der Waals surface area contributed by atoms with Gasteiger partial charge in [0.15, 0.2) is 0 Å². The van der Waals surface area contributed by atoms with E-state index in [0.717, 1.165) is 5.69 Å². The average molecular weight is 306 g/mol. The fourth-order valence-electron chi connectivity index (χ4n) is 2.04. The molecule has 0 saturated heterocycles. The second kappa shape index (κ2) is 6.24. The van der Waals surface area contributed by atoms with Gasteiger partial charge < -0.3 is 5.11 Å². The van der Waals surface area contributed by atoms with Crippen LogP contribution in [0.3, 0.4) is 0 Å². The first kappa shape index (κ1) is 15.5. The molecule has 21 heavy (non-hydrogen) atoms. The van der Waals surface area contributed by atoms with Gasteiger partial charge in [-0.1, -0.05) is 24.3 Å². The van der Waals surface area contributed by atoms with Gasteiger partial charge in [0, 0.05) is 5.69 Å². The molecule has 0 aliphatic rings. The molecule has 0 bridgehead atoms. The number of nitrogens with one attached hydrogen (secondary N) is 1. The lowest BCUT2D eigenvalue weighted by Crippen LogP contribution is -2.16. The Morgan fingerprint density at radius 3 is 2.52 bits per heavy atom. The standard InChI is InChI=1S/C15H18N2O3S/c1-11-6-7-15(12(2)16-11)17-21(19,20)10-14-5-3-4-13(8-14)9-18/h3-8,17-18H,9-10H2,1-2H3. The second-order valence-corrected chi connectivity index (χ2v) is 6.65. The molecule has 0 atom stereocenters. The molecule has 1 aromatic carbocycles. The summed E-state index contributed by atoms with van der Waals surface area (Å²) in [5.41, 5.74) is 3.29. The second-order valence-electron chi connectivity index (χ2n) is 4.92. The van der Waals surface area contributed by atoms with Crippen LogP contribution < -0.4 is 4.72 Å². The summed E-state index contributed by atoms with van der Waals surface area (Å²) < 4.78 is 27.0. The van der Waals surface area contributed by atoms with Crippen molar-refractivity contribution in [2.45, 2.75) is 26.2 Å². The van der Waals surface area contributed by atoms with Gasteiger partial charge in [0.25, 0.3) is 0 Å². The lowest BCUT2D eigenvalue weighted by atomic mass is 10.1. The molecule has 2 N–H and O–H groups in total. The van der Waals surface area contributed by atoms with Crippen molar-refractivity contribution in [1.29, 1.82) is 0 Å². The molecular weight excluding hydrogens is 288 g/mol. The minimum absolute atomic E-state index is 0.109. The van der Waals surface area contributed by atoms with Gasteiger partial charge in [-0.3, -0.25) is 9.71 Å². The molecule has 112 valence electrons. The Kier molecular flexibility index (Phi) is 4.59. The highest BCUT2D eigenvalue weighted by Crippen LogP contribution is 2.17. The van der Waals surface area contributed by atoms with Crippen LogP contribution in [-0.4, -0.2) is 18.5 Å². The van der Waals surface area contributed by atoms with Crippen LogP contribution in [0, 0.1) is 13.8 Å². The van der Waals surface area contributed by atoms with E-state index >= 15 is 0 Å². The Morgan fingerprint density at radius 1 is 1.14 bits per heavy atom. The summed E-state index contributed by atoms with van der Waals surface area (Å²) >= 11 is 0. The van der Waals surface area contributed by atoms with Crippen molar-refractivity contribution in [3.05, 3.63) is 58.9 Å². The number of hydrogen-bond acceptors (Lipinski definition) is 4. The predicted molar refractivity (Wildman–Crippen MR) is 82.3 cm³/mol. The molecule has 0 fully saturated rings. The lowest BCUT2D eigenvalue weighted by Gasteiger charge is -2.11. The highest BCUT2D eigenvalue weighted by Gasteiger charge is 2.13. The zero-order valence-corrected chi connectivity index (χ0v) is 12.8. The molecule has 0 spiro atoms. The van der Waals surface area contributed by atoms with Gasteiger partial charge in [-0.05, 0) is 37.1 Å². The lowest BCUT2D eigenvalue weighted by molar-refractivity contribution is 0.282. The fourth-order valence-corrected chi connectivity index (χ4v) is 3.28. The van der Waals surface area contributed by atoms with Crippen LogP contribution in [0.5, 0.6) is 0 Å². The Labute approximate surface area is 124 Å². The first-order valence-electron chi connectivity index (χ1n) is 6.53. The van der Waals surface area contributed by atoms with Crippen molar-refractivity contribution in [2.24, 2.45) is 0 Å². The molecule has 0 aliphatic carbocycles. The number of aryl methyl sites for hydroxylation is 2. The van der Waals surface area contributed by atoms with Crippen molar-refractivity contribution < 1.29 is 13.5 Å². The summed E-state index contributed by atoms with van der Waals surface area (Å²) in [7, 11) is -3.52. The molecule has 1 heterocycles. The van der Waals surface area contributed by atoms with Crippen LogP contribution in [0.15, 0.2) is 36.4 Å². The van der Waals surface area contributed by atoms with Gasteiger partial charge in [0.05, 0.1) is 23.7 Å². The highest BCUT2D eigenvalue weighted by molar-refractivity contribution is 7.91. The summed E-state index contributed by atoms with van der Waals surface area (Å²) in [6, 6.07) is 10.3. The summed E-state index contributed by atoms with van der Waals surface area (Å²) in [6.45, 7) is 3.51. The SMILES string of the molecule is Cc1ccc(NS(=O)(=O)Cc2cccc(CO)c2)c(C)n1. The van der Waals surface area contributed by atoms with E-state index in [1.165, 1.54) is 0 Å². The number of hydrogen-bond donors (Lipinski definition) is 2. The summed E-state index contributed by atoms with van der Waals surface area (Å²) in [5, 5.41) is 9.08. The number of aliphatic hydroxyl groups excluding tert-OH is 1. The number of nitrogens with zero attached hydrogens (tertiary/aromatic N) is 1. The van der Waals surface area contributed by atoms with Crippen molar-refractivity contribution in [3.8, 4) is 0 Å². The Morgan fingerprint density at radius 2 is 1.86 bits per heavy atom. The summed E-state index contributed by atoms with van der Waals surface area (Å²) in [4.78, 5) is 4.23. The summed E-state index contributed by atoms with van der Waals surface area (Å²) in [6.07, 6.45) is 0. The zero-order valence-electron chi connectivity index (χ0n) is 12.0. The van der Waals surface area contributed by atoms with E-state index in [1.54, 1.807) is 43.3 Å². The number of anilines is 1. The highest BCUT2D eigenvalue weighted by atomic mass is 32.2. The van der Waals surface area contributed by atoms with Crippen LogP contribution in [0.4, 0.5) is 5.69 Å². The van der Waals surface area contributed by atoms with Crippen LogP contribution in [0.25, 0.3) is 0 Å². The van der Waals surface area contributed by atoms with E-state index in [-0.39, 0.29) is 12.4 Å². The number of benzene rings is 1. The number of pyridine rings is 1. The van der Waals surface area contributed by atoms with Crippen LogP contribution in [0.2, 0.25) is 0 Å². The first-order valence-corrected chi connectivity index (χ1v) is 8.18. The monoisotopic (exact) mass is 306 g/mol. The molecule has 2 rings (SSSR count). The zero-order chi connectivity index (χ0) is 15.5. The third-order valence-electron chi connectivity index (χ3n) is 3.02. The van der Waals surface area contributed by atoms with Crippen LogP contribution in [0.1, 0.15) is 22.5 Å². The number of sulfonamides is 1. The Hall–Kier alpha value is -1.92. The molecule has 0 aliphatic heterocycles. The van der Waals surface area contributed by atoms with E-state index in [1.807, 2.05) is 6.92 Å². The quantitative estimate of drug-likeness (QED) is 0.887. The third kappa shape index (κ3) is 4.27. The molecule has 0 saturated carbocycles. The normalized spacial score (nSPS) is 11.4. The molecule has 0 radical (unpaired) electrons. The van der Waals surface area contributed by atoms with E-state index in [2.05, 4.69) is 9.71 Å². The van der Waals surface area contributed by atoms with E-state index in [9.17, 15) is 8.42 Å². The topological polar surface area (TPSA) is 79.3 Å². The first-order chi connectivity index (χ1) is 9.89. The van der Waals surface area contributed by atoms with Crippen molar-refractivity contribution in [3.63, 3.8) is 0 Å². The van der Waals surface area contributed by atoms with Gasteiger partial charge in [0.1, 0.15) is 0 Å². The van der Waals surface area contributed by atoms with Crippen molar-refractivity contribution in [1.82, 2.24) is 4.98 Å². The van der Waals surface area contributed by atoms with Crippen molar-refractivity contribution in [2.75, 3.05) is 4.72 Å². The fraction of sp³-hybridized carbons (Fsp3) is 0.267. The molecule has 1 aromatic heterocycles. The molecular formula is C15H18N2O3S. The molecule has 0 amide bonds. The third-order valence-corrected chi connectivity index (χ3v) is 4.27. The molecule has 2 aromatic rings. The number of rotatable bonds is 5. The van der Waals surface area contributed by atoms with E-state index in [0.29, 0.717) is 22.5 Å². The van der Waals surface area contributed by atoms with Gasteiger partial charge in [0.2, 0.25) is 10.0 Å². The molecule has 6 heteroatoms. The number of aromatic nitrogens is 1. The smallest absolute Gasteiger partial charge is 0.236 e. The van der Waals surface area contributed by atoms with Crippen molar-refractivity contribution >= 4 is 15.7 Å². The minimum atomic E-state index is -3.52. The maximum absolute atomic E-state index is 12.2. The van der Waals surface area contributed by atoms with Crippen LogP contribution in [-0.2, 0) is 22.4 Å². The van der Waals surface area contributed by atoms with Gasteiger partial charge in [-0.25, -0.2) is 8.42 Å². The van der Waals surface area contributed by atoms with Crippen LogP contribution >= 0.6 is 0 Å². The number of aliphatic hydroxyl groups is 1. The van der Waals surface area contributed by atoms with Gasteiger partial charge >= 0.3 is 0 Å². The minimum Gasteiger partial charge on any atom is -0.392 e. The maximum Gasteiger partial charge on any atom is 0.236 e. The maximum atomic E-state index is 12.2. The average Bonchev–Trinajstić information content (AvgIpc) is 2.41. The van der Waals surface area contributed by atoms with Gasteiger partial charge in [-0.2, -0.15) is 0 Å².